The minimum atomic E-state index is -3.42. The van der Waals surface area contributed by atoms with Gasteiger partial charge in [-0.3, -0.25) is 9.78 Å². The van der Waals surface area contributed by atoms with E-state index in [4.69, 9.17) is 5.11 Å². The SMILES string of the molecule is O=C(NCC(F)(F)CO)c1ccncc1F. The summed E-state index contributed by atoms with van der Waals surface area (Å²) >= 11 is 0. The highest BCUT2D eigenvalue weighted by Crippen LogP contribution is 2.11. The average molecular weight is 234 g/mol. The topological polar surface area (TPSA) is 62.2 Å². The lowest BCUT2D eigenvalue weighted by molar-refractivity contribution is -0.0462. The Morgan fingerprint density at radius 1 is 1.56 bits per heavy atom. The smallest absolute Gasteiger partial charge is 0.287 e. The summed E-state index contributed by atoms with van der Waals surface area (Å²) in [5, 5.41) is 10.1. The van der Waals surface area contributed by atoms with Gasteiger partial charge in [-0.2, -0.15) is 0 Å². The molecule has 0 bridgehead atoms. The summed E-state index contributed by atoms with van der Waals surface area (Å²) in [4.78, 5) is 14.6. The molecule has 2 N–H and O–H groups in total. The molecule has 0 aliphatic carbocycles. The molecular formula is C9H9F3N2O2. The van der Waals surface area contributed by atoms with Crippen molar-refractivity contribution in [1.82, 2.24) is 10.3 Å². The lowest BCUT2D eigenvalue weighted by atomic mass is 10.2. The number of hydrogen-bond donors (Lipinski definition) is 2. The Morgan fingerprint density at radius 2 is 2.25 bits per heavy atom. The number of pyridine rings is 1. The minimum absolute atomic E-state index is 0.372. The van der Waals surface area contributed by atoms with Crippen LogP contribution in [-0.4, -0.2) is 35.1 Å². The average Bonchev–Trinajstić information content (AvgIpc) is 2.27. The van der Waals surface area contributed by atoms with E-state index in [1.165, 1.54) is 6.20 Å². The monoisotopic (exact) mass is 234 g/mol. The van der Waals surface area contributed by atoms with Crippen LogP contribution in [0.2, 0.25) is 0 Å². The van der Waals surface area contributed by atoms with Crippen LogP contribution in [0.1, 0.15) is 10.4 Å². The largest absolute Gasteiger partial charge is 0.390 e. The van der Waals surface area contributed by atoms with Gasteiger partial charge in [0.2, 0.25) is 0 Å². The molecule has 0 aliphatic heterocycles. The summed E-state index contributed by atoms with van der Waals surface area (Å²) in [5.41, 5.74) is -0.372. The minimum Gasteiger partial charge on any atom is -0.390 e. The van der Waals surface area contributed by atoms with Gasteiger partial charge < -0.3 is 10.4 Å². The number of rotatable bonds is 4. The first-order chi connectivity index (χ1) is 7.46. The Bertz CT molecular complexity index is 385. The molecule has 4 nitrogen and oxygen atoms in total. The lowest BCUT2D eigenvalue weighted by Crippen LogP contribution is -2.39. The van der Waals surface area contributed by atoms with E-state index in [1.807, 2.05) is 5.32 Å². The third-order valence-electron chi connectivity index (χ3n) is 1.76. The third kappa shape index (κ3) is 3.20. The van der Waals surface area contributed by atoms with Crippen LogP contribution in [0.4, 0.5) is 13.2 Å². The molecule has 0 saturated heterocycles. The Kier molecular flexibility index (Phi) is 3.83. The van der Waals surface area contributed by atoms with Crippen molar-refractivity contribution in [2.45, 2.75) is 5.92 Å². The molecule has 1 aromatic heterocycles. The van der Waals surface area contributed by atoms with Crippen molar-refractivity contribution < 1.29 is 23.1 Å². The van der Waals surface area contributed by atoms with E-state index in [-0.39, 0.29) is 5.56 Å². The van der Waals surface area contributed by atoms with Crippen LogP contribution in [0.3, 0.4) is 0 Å². The molecule has 0 fully saturated rings. The first-order valence-electron chi connectivity index (χ1n) is 4.33. The molecule has 0 radical (unpaired) electrons. The van der Waals surface area contributed by atoms with Crippen molar-refractivity contribution in [3.63, 3.8) is 0 Å². The van der Waals surface area contributed by atoms with E-state index < -0.39 is 30.8 Å². The number of alkyl halides is 2. The number of aromatic nitrogens is 1. The van der Waals surface area contributed by atoms with E-state index >= 15 is 0 Å². The lowest BCUT2D eigenvalue weighted by Gasteiger charge is -2.13. The first-order valence-corrected chi connectivity index (χ1v) is 4.33. The molecule has 0 aromatic carbocycles. The fourth-order valence-electron chi connectivity index (χ4n) is 0.920. The number of carbonyl (C=O) groups is 1. The zero-order chi connectivity index (χ0) is 12.2. The molecule has 0 unspecified atom stereocenters. The van der Waals surface area contributed by atoms with E-state index in [0.717, 1.165) is 12.3 Å². The summed E-state index contributed by atoms with van der Waals surface area (Å²) in [5.74, 6) is -5.29. The Labute approximate surface area is 89.1 Å². The third-order valence-corrected chi connectivity index (χ3v) is 1.76. The number of nitrogens with zero attached hydrogens (tertiary/aromatic N) is 1. The van der Waals surface area contributed by atoms with Crippen LogP contribution in [0.25, 0.3) is 0 Å². The number of halogens is 3. The Balaban J connectivity index is 2.64. The van der Waals surface area contributed by atoms with Crippen molar-refractivity contribution in [2.24, 2.45) is 0 Å². The molecule has 0 saturated carbocycles. The molecule has 7 heteroatoms. The van der Waals surface area contributed by atoms with E-state index in [0.29, 0.717) is 0 Å². The number of amides is 1. The molecular weight excluding hydrogens is 225 g/mol. The molecule has 1 aromatic rings. The molecule has 0 aliphatic rings. The van der Waals surface area contributed by atoms with E-state index in [1.54, 1.807) is 0 Å². The van der Waals surface area contributed by atoms with Gasteiger partial charge in [0, 0.05) is 6.20 Å². The standard InChI is InChI=1S/C9H9F3N2O2/c10-7-3-13-2-1-6(7)8(16)14-4-9(11,12)5-15/h1-3,15H,4-5H2,(H,14,16). The maximum Gasteiger partial charge on any atom is 0.287 e. The number of carbonyl (C=O) groups excluding carboxylic acids is 1. The second-order valence-corrected chi connectivity index (χ2v) is 3.05. The van der Waals surface area contributed by atoms with Crippen LogP contribution in [0.5, 0.6) is 0 Å². The number of nitrogens with one attached hydrogen (secondary N) is 1. The van der Waals surface area contributed by atoms with Crippen molar-refractivity contribution >= 4 is 5.91 Å². The van der Waals surface area contributed by atoms with Crippen LogP contribution < -0.4 is 5.32 Å². The first kappa shape index (κ1) is 12.4. The predicted octanol–water partition coefficient (Wildman–Crippen LogP) is 0.578. The predicted molar refractivity (Wildman–Crippen MR) is 48.6 cm³/mol. The van der Waals surface area contributed by atoms with Crippen LogP contribution >= 0.6 is 0 Å². The Morgan fingerprint density at radius 3 is 2.81 bits per heavy atom. The fraction of sp³-hybridized carbons (Fsp3) is 0.333. The van der Waals surface area contributed by atoms with Crippen LogP contribution in [-0.2, 0) is 0 Å². The number of aliphatic hydroxyl groups is 1. The van der Waals surface area contributed by atoms with Crippen molar-refractivity contribution in [3.8, 4) is 0 Å². The molecule has 1 amide bonds. The molecule has 0 spiro atoms. The Hall–Kier alpha value is -1.63. The van der Waals surface area contributed by atoms with Gasteiger partial charge in [-0.1, -0.05) is 0 Å². The highest BCUT2D eigenvalue weighted by atomic mass is 19.3. The van der Waals surface area contributed by atoms with E-state index in [9.17, 15) is 18.0 Å². The van der Waals surface area contributed by atoms with Gasteiger partial charge in [0.15, 0.2) is 5.82 Å². The highest BCUT2D eigenvalue weighted by molar-refractivity contribution is 5.94. The second-order valence-electron chi connectivity index (χ2n) is 3.05. The number of hydrogen-bond acceptors (Lipinski definition) is 3. The van der Waals surface area contributed by atoms with Gasteiger partial charge in [-0.25, -0.2) is 13.2 Å². The molecule has 1 rings (SSSR count). The maximum atomic E-state index is 13.0. The molecule has 88 valence electrons. The van der Waals surface area contributed by atoms with Gasteiger partial charge in [0.25, 0.3) is 11.8 Å². The molecule has 1 heterocycles. The summed E-state index contributed by atoms with van der Waals surface area (Å²) < 4.78 is 38.1. The van der Waals surface area contributed by atoms with Gasteiger partial charge in [-0.15, -0.1) is 0 Å². The summed E-state index contributed by atoms with van der Waals surface area (Å²) in [6.45, 7) is -2.43. The van der Waals surface area contributed by atoms with Crippen LogP contribution in [0, 0.1) is 5.82 Å². The van der Waals surface area contributed by atoms with Gasteiger partial charge in [0.1, 0.15) is 6.61 Å². The highest BCUT2D eigenvalue weighted by Gasteiger charge is 2.28. The zero-order valence-corrected chi connectivity index (χ0v) is 8.08. The zero-order valence-electron chi connectivity index (χ0n) is 8.08. The summed E-state index contributed by atoms with van der Waals surface area (Å²) in [6.07, 6.45) is 1.97. The van der Waals surface area contributed by atoms with Gasteiger partial charge in [0.05, 0.1) is 18.3 Å². The summed E-state index contributed by atoms with van der Waals surface area (Å²) in [6, 6.07) is 1.07. The van der Waals surface area contributed by atoms with Crippen LogP contribution in [0.15, 0.2) is 18.5 Å². The van der Waals surface area contributed by atoms with Crippen molar-refractivity contribution in [1.29, 1.82) is 0 Å². The second kappa shape index (κ2) is 4.93. The fourth-order valence-corrected chi connectivity index (χ4v) is 0.920. The molecule has 16 heavy (non-hydrogen) atoms. The molecule has 0 atom stereocenters. The quantitative estimate of drug-likeness (QED) is 0.801. The number of aliphatic hydroxyl groups excluding tert-OH is 1. The van der Waals surface area contributed by atoms with Crippen molar-refractivity contribution in [2.75, 3.05) is 13.2 Å². The van der Waals surface area contributed by atoms with Crippen molar-refractivity contribution in [3.05, 3.63) is 29.8 Å². The summed E-state index contributed by atoms with van der Waals surface area (Å²) in [7, 11) is 0. The normalized spacial score (nSPS) is 11.2. The van der Waals surface area contributed by atoms with Gasteiger partial charge >= 0.3 is 0 Å². The van der Waals surface area contributed by atoms with E-state index in [2.05, 4.69) is 4.98 Å². The van der Waals surface area contributed by atoms with Gasteiger partial charge in [-0.05, 0) is 6.07 Å². The maximum absolute atomic E-state index is 13.0.